The second-order valence-electron chi connectivity index (χ2n) is 2.86. The molecule has 0 aromatic heterocycles. The molecule has 0 saturated carbocycles. The Labute approximate surface area is 87.2 Å². The Hall–Kier alpha value is -1.88. The van der Waals surface area contributed by atoms with Gasteiger partial charge < -0.3 is 15.8 Å². The molecule has 15 heavy (non-hydrogen) atoms. The van der Waals surface area contributed by atoms with E-state index in [4.69, 9.17) is 5.73 Å². The van der Waals surface area contributed by atoms with Crippen molar-refractivity contribution in [3.05, 3.63) is 29.8 Å². The topological polar surface area (TPSA) is 81.4 Å². The van der Waals surface area contributed by atoms with Crippen LogP contribution in [0.4, 0.5) is 5.69 Å². The molecule has 0 unspecified atom stereocenters. The van der Waals surface area contributed by atoms with Gasteiger partial charge in [-0.2, -0.15) is 0 Å². The molecule has 0 heterocycles. The molecule has 0 radical (unpaired) electrons. The van der Waals surface area contributed by atoms with Crippen LogP contribution in [0, 0.1) is 0 Å². The van der Waals surface area contributed by atoms with Gasteiger partial charge in [0.05, 0.1) is 6.54 Å². The van der Waals surface area contributed by atoms with E-state index in [0.717, 1.165) is 5.56 Å². The van der Waals surface area contributed by atoms with Crippen LogP contribution in [-0.4, -0.2) is 18.9 Å². The molecule has 0 aliphatic heterocycles. The average molecular weight is 208 g/mol. The number of benzene rings is 1. The van der Waals surface area contributed by atoms with Crippen molar-refractivity contribution >= 4 is 18.1 Å². The van der Waals surface area contributed by atoms with Gasteiger partial charge in [-0.15, -0.1) is 0 Å². The summed E-state index contributed by atoms with van der Waals surface area (Å²) >= 11 is 0. The van der Waals surface area contributed by atoms with E-state index in [1.807, 2.05) is 0 Å². The Morgan fingerprint density at radius 3 is 2.60 bits per heavy atom. The van der Waals surface area contributed by atoms with Crippen LogP contribution in [0.5, 0.6) is 0 Å². The molecular weight excluding hydrogens is 196 g/mol. The molecule has 1 rings (SSSR count). The molecule has 0 atom stereocenters. The maximum absolute atomic E-state index is 10.9. The molecular formula is C10H12N2O3. The number of rotatable bonds is 5. The van der Waals surface area contributed by atoms with E-state index in [2.05, 4.69) is 10.1 Å². The highest BCUT2D eigenvalue weighted by molar-refractivity contribution is 5.92. The molecule has 1 aromatic carbocycles. The number of hydrogen-bond donors (Lipinski definition) is 2. The highest BCUT2D eigenvalue weighted by Gasteiger charge is 1.99. The monoisotopic (exact) mass is 208 g/mol. The maximum atomic E-state index is 10.9. The smallest absolute Gasteiger partial charge is 0.293 e. The first kappa shape index (κ1) is 11.2. The fourth-order valence-electron chi connectivity index (χ4n) is 1.03. The van der Waals surface area contributed by atoms with E-state index in [1.165, 1.54) is 0 Å². The van der Waals surface area contributed by atoms with Crippen molar-refractivity contribution in [2.75, 3.05) is 11.9 Å². The molecule has 0 fully saturated rings. The van der Waals surface area contributed by atoms with Crippen LogP contribution in [0.15, 0.2) is 24.3 Å². The standard InChI is InChI=1S/C10H12N2O3/c11-5-10(14)12-9-3-1-8(2-4-9)6-15-7-13/h1-4,7H,5-6,11H2,(H,12,14). The molecule has 1 amide bonds. The zero-order chi connectivity index (χ0) is 11.1. The SMILES string of the molecule is NCC(=O)Nc1ccc(COC=O)cc1. The molecule has 0 aliphatic carbocycles. The number of ether oxygens (including phenoxy) is 1. The number of nitrogens with one attached hydrogen (secondary N) is 1. The second-order valence-corrected chi connectivity index (χ2v) is 2.86. The van der Waals surface area contributed by atoms with Gasteiger partial charge in [-0.25, -0.2) is 0 Å². The van der Waals surface area contributed by atoms with Gasteiger partial charge in [0.25, 0.3) is 6.47 Å². The summed E-state index contributed by atoms with van der Waals surface area (Å²) in [5, 5.41) is 2.60. The highest BCUT2D eigenvalue weighted by Crippen LogP contribution is 2.09. The summed E-state index contributed by atoms with van der Waals surface area (Å²) in [7, 11) is 0. The molecule has 0 aliphatic rings. The Morgan fingerprint density at radius 2 is 2.07 bits per heavy atom. The number of anilines is 1. The Bertz CT molecular complexity index is 335. The van der Waals surface area contributed by atoms with Crippen molar-refractivity contribution in [1.82, 2.24) is 0 Å². The number of nitrogens with two attached hydrogens (primary N) is 1. The third kappa shape index (κ3) is 3.78. The van der Waals surface area contributed by atoms with Crippen molar-refractivity contribution in [3.63, 3.8) is 0 Å². The third-order valence-electron chi connectivity index (χ3n) is 1.74. The summed E-state index contributed by atoms with van der Waals surface area (Å²) < 4.78 is 4.57. The van der Waals surface area contributed by atoms with Crippen molar-refractivity contribution < 1.29 is 14.3 Å². The van der Waals surface area contributed by atoms with Gasteiger partial charge in [0.1, 0.15) is 6.61 Å². The summed E-state index contributed by atoms with van der Waals surface area (Å²) in [6, 6.07) is 6.96. The van der Waals surface area contributed by atoms with Crippen LogP contribution >= 0.6 is 0 Å². The predicted octanol–water partition coefficient (Wildman–Crippen LogP) is 0.257. The summed E-state index contributed by atoms with van der Waals surface area (Å²) in [5.74, 6) is -0.244. The molecule has 5 nitrogen and oxygen atoms in total. The second kappa shape index (κ2) is 5.77. The average Bonchev–Trinajstić information content (AvgIpc) is 2.28. The fraction of sp³-hybridized carbons (Fsp3) is 0.200. The molecule has 80 valence electrons. The summed E-state index contributed by atoms with van der Waals surface area (Å²) in [6.45, 7) is 0.578. The molecule has 0 spiro atoms. The minimum absolute atomic E-state index is 0.0456. The van der Waals surface area contributed by atoms with Gasteiger partial charge in [-0.1, -0.05) is 12.1 Å². The van der Waals surface area contributed by atoms with Crippen LogP contribution in [0.2, 0.25) is 0 Å². The van der Waals surface area contributed by atoms with Crippen molar-refractivity contribution in [2.24, 2.45) is 5.73 Å². The lowest BCUT2D eigenvalue weighted by Gasteiger charge is -2.04. The summed E-state index contributed by atoms with van der Waals surface area (Å²) in [6.07, 6.45) is 0. The largest absolute Gasteiger partial charge is 0.463 e. The lowest BCUT2D eigenvalue weighted by Crippen LogP contribution is -2.21. The van der Waals surface area contributed by atoms with Gasteiger partial charge in [-0.05, 0) is 17.7 Å². The lowest BCUT2D eigenvalue weighted by molar-refractivity contribution is -0.129. The number of carbonyl (C=O) groups excluding carboxylic acids is 2. The van der Waals surface area contributed by atoms with Crippen molar-refractivity contribution in [3.8, 4) is 0 Å². The Kier molecular flexibility index (Phi) is 4.30. The van der Waals surface area contributed by atoms with E-state index in [1.54, 1.807) is 24.3 Å². The minimum atomic E-state index is -0.244. The molecule has 0 bridgehead atoms. The van der Waals surface area contributed by atoms with Gasteiger partial charge in [0.2, 0.25) is 5.91 Å². The van der Waals surface area contributed by atoms with E-state index in [-0.39, 0.29) is 19.1 Å². The van der Waals surface area contributed by atoms with Gasteiger partial charge in [0, 0.05) is 5.69 Å². The van der Waals surface area contributed by atoms with Crippen LogP contribution in [0.25, 0.3) is 0 Å². The van der Waals surface area contributed by atoms with Crippen LogP contribution < -0.4 is 11.1 Å². The van der Waals surface area contributed by atoms with Gasteiger partial charge in [0.15, 0.2) is 0 Å². The van der Waals surface area contributed by atoms with Gasteiger partial charge >= 0.3 is 0 Å². The summed E-state index contributed by atoms with van der Waals surface area (Å²) in [4.78, 5) is 20.9. The molecule has 1 aromatic rings. The van der Waals surface area contributed by atoms with Crippen molar-refractivity contribution in [1.29, 1.82) is 0 Å². The number of hydrogen-bond acceptors (Lipinski definition) is 4. The van der Waals surface area contributed by atoms with Gasteiger partial charge in [-0.3, -0.25) is 9.59 Å². The fourth-order valence-corrected chi connectivity index (χ4v) is 1.03. The summed E-state index contributed by atoms with van der Waals surface area (Å²) in [5.41, 5.74) is 6.67. The van der Waals surface area contributed by atoms with E-state index < -0.39 is 0 Å². The first-order valence-corrected chi connectivity index (χ1v) is 4.40. The molecule has 3 N–H and O–H groups in total. The Morgan fingerprint density at radius 1 is 1.40 bits per heavy atom. The van der Waals surface area contributed by atoms with E-state index in [0.29, 0.717) is 12.2 Å². The van der Waals surface area contributed by atoms with Crippen molar-refractivity contribution in [2.45, 2.75) is 6.61 Å². The normalized spacial score (nSPS) is 9.40. The quantitative estimate of drug-likeness (QED) is 0.680. The first-order valence-electron chi connectivity index (χ1n) is 4.40. The van der Waals surface area contributed by atoms with Crippen LogP contribution in [0.3, 0.4) is 0 Å². The zero-order valence-electron chi connectivity index (χ0n) is 8.10. The zero-order valence-corrected chi connectivity index (χ0v) is 8.10. The minimum Gasteiger partial charge on any atom is -0.463 e. The first-order chi connectivity index (χ1) is 7.26. The maximum Gasteiger partial charge on any atom is 0.293 e. The number of carbonyl (C=O) groups is 2. The highest BCUT2D eigenvalue weighted by atomic mass is 16.5. The van der Waals surface area contributed by atoms with E-state index in [9.17, 15) is 9.59 Å². The van der Waals surface area contributed by atoms with E-state index >= 15 is 0 Å². The number of amides is 1. The lowest BCUT2D eigenvalue weighted by atomic mass is 10.2. The predicted molar refractivity (Wildman–Crippen MR) is 55.0 cm³/mol. The van der Waals surface area contributed by atoms with Crippen LogP contribution in [0.1, 0.15) is 5.56 Å². The molecule has 5 heteroatoms. The Balaban J connectivity index is 2.55. The van der Waals surface area contributed by atoms with Crippen LogP contribution in [-0.2, 0) is 20.9 Å². The third-order valence-corrected chi connectivity index (χ3v) is 1.74. The molecule has 0 saturated heterocycles.